The number of aliphatic hydroxyl groups excluding tert-OH is 1. The van der Waals surface area contributed by atoms with E-state index in [1.54, 1.807) is 6.07 Å². The van der Waals surface area contributed by atoms with Crippen molar-refractivity contribution in [1.82, 2.24) is 0 Å². The van der Waals surface area contributed by atoms with E-state index in [4.69, 9.17) is 0 Å². The molecule has 0 radical (unpaired) electrons. The highest BCUT2D eigenvalue weighted by atomic mass is 79.9. The van der Waals surface area contributed by atoms with Crippen molar-refractivity contribution in [3.63, 3.8) is 0 Å². The van der Waals surface area contributed by atoms with Crippen LogP contribution in [0.3, 0.4) is 0 Å². The molecule has 0 spiro atoms. The number of aliphatic hydroxyl groups is 1. The van der Waals surface area contributed by atoms with Gasteiger partial charge in [-0.05, 0) is 48.1 Å². The molecule has 20 heavy (non-hydrogen) atoms. The first kappa shape index (κ1) is 15.2. The van der Waals surface area contributed by atoms with Crippen molar-refractivity contribution in [2.45, 2.75) is 31.8 Å². The minimum atomic E-state index is -0.483. The molecular weight excluding hydrogens is 319 g/mol. The van der Waals surface area contributed by atoms with Crippen molar-refractivity contribution in [1.29, 1.82) is 0 Å². The van der Waals surface area contributed by atoms with E-state index in [-0.39, 0.29) is 11.7 Å². The number of benzene rings is 2. The van der Waals surface area contributed by atoms with Gasteiger partial charge in [-0.1, -0.05) is 53.2 Å². The van der Waals surface area contributed by atoms with E-state index in [0.29, 0.717) is 12.8 Å². The second kappa shape index (κ2) is 7.00. The van der Waals surface area contributed by atoms with Gasteiger partial charge in [-0.2, -0.15) is 0 Å². The summed E-state index contributed by atoms with van der Waals surface area (Å²) in [6.45, 7) is 2.10. The molecule has 1 nitrogen and oxygen atoms in total. The van der Waals surface area contributed by atoms with Gasteiger partial charge in [0.05, 0.1) is 6.10 Å². The van der Waals surface area contributed by atoms with Gasteiger partial charge >= 0.3 is 0 Å². The summed E-state index contributed by atoms with van der Waals surface area (Å²) < 4.78 is 14.1. The maximum Gasteiger partial charge on any atom is 0.123 e. The highest BCUT2D eigenvalue weighted by Gasteiger charge is 2.14. The fourth-order valence-electron chi connectivity index (χ4n) is 2.36. The van der Waals surface area contributed by atoms with Gasteiger partial charge < -0.3 is 5.11 Å². The minimum absolute atomic E-state index is 0.272. The van der Waals surface area contributed by atoms with Crippen LogP contribution >= 0.6 is 15.9 Å². The molecule has 2 aromatic carbocycles. The molecule has 0 heterocycles. The standard InChI is InChI=1S/C17H18BrFO/c1-12(13-5-3-2-4-6-13)9-16(20)11-14-10-15(19)7-8-17(14)18/h2-8,10,12,16,20H,9,11H2,1H3. The van der Waals surface area contributed by atoms with Crippen LogP contribution in [0, 0.1) is 5.82 Å². The zero-order valence-corrected chi connectivity index (χ0v) is 13.0. The minimum Gasteiger partial charge on any atom is -0.393 e. The fraction of sp³-hybridized carbons (Fsp3) is 0.294. The molecule has 0 aliphatic carbocycles. The smallest absolute Gasteiger partial charge is 0.123 e. The Morgan fingerprint density at radius 1 is 1.15 bits per heavy atom. The summed E-state index contributed by atoms with van der Waals surface area (Å²) in [6, 6.07) is 14.7. The molecule has 0 aliphatic heterocycles. The first-order valence-corrected chi connectivity index (χ1v) is 7.52. The summed E-state index contributed by atoms with van der Waals surface area (Å²) >= 11 is 3.39. The Hall–Kier alpha value is -1.19. The predicted octanol–water partition coefficient (Wildman–Crippen LogP) is 4.69. The highest BCUT2D eigenvalue weighted by Crippen LogP contribution is 2.24. The van der Waals surface area contributed by atoms with Crippen LogP contribution in [0.5, 0.6) is 0 Å². The average Bonchev–Trinajstić information content (AvgIpc) is 2.43. The van der Waals surface area contributed by atoms with Crippen LogP contribution in [0.25, 0.3) is 0 Å². The number of halogens is 2. The summed E-state index contributed by atoms with van der Waals surface area (Å²) in [4.78, 5) is 0. The molecule has 3 heteroatoms. The van der Waals surface area contributed by atoms with Crippen LogP contribution in [0.1, 0.15) is 30.4 Å². The Labute approximate surface area is 127 Å². The second-order valence-electron chi connectivity index (χ2n) is 5.14. The molecule has 0 saturated carbocycles. The third-order valence-corrected chi connectivity index (χ3v) is 4.23. The van der Waals surface area contributed by atoms with Crippen LogP contribution in [-0.2, 0) is 6.42 Å². The molecule has 0 amide bonds. The molecule has 1 N–H and O–H groups in total. The van der Waals surface area contributed by atoms with Crippen molar-refractivity contribution in [3.05, 3.63) is 69.9 Å². The van der Waals surface area contributed by atoms with Gasteiger partial charge in [0.1, 0.15) is 5.82 Å². The molecule has 2 atom stereocenters. The molecule has 0 fully saturated rings. The lowest BCUT2D eigenvalue weighted by atomic mass is 9.92. The van der Waals surface area contributed by atoms with E-state index in [1.807, 2.05) is 18.2 Å². The van der Waals surface area contributed by atoms with Crippen molar-refractivity contribution in [2.24, 2.45) is 0 Å². The van der Waals surface area contributed by atoms with Crippen LogP contribution in [0.4, 0.5) is 4.39 Å². The molecule has 0 bridgehead atoms. The molecule has 2 aromatic rings. The summed E-state index contributed by atoms with van der Waals surface area (Å²) in [5.41, 5.74) is 2.02. The van der Waals surface area contributed by atoms with Gasteiger partial charge in [0.25, 0.3) is 0 Å². The SMILES string of the molecule is CC(CC(O)Cc1cc(F)ccc1Br)c1ccccc1. The predicted molar refractivity (Wildman–Crippen MR) is 83.3 cm³/mol. The largest absolute Gasteiger partial charge is 0.393 e. The molecule has 2 rings (SSSR count). The first-order chi connectivity index (χ1) is 9.56. The fourth-order valence-corrected chi connectivity index (χ4v) is 2.77. The second-order valence-corrected chi connectivity index (χ2v) is 6.00. The zero-order chi connectivity index (χ0) is 14.5. The Morgan fingerprint density at radius 2 is 1.85 bits per heavy atom. The molecule has 2 unspecified atom stereocenters. The lowest BCUT2D eigenvalue weighted by molar-refractivity contribution is 0.157. The lowest BCUT2D eigenvalue weighted by Crippen LogP contribution is -2.14. The van der Waals surface area contributed by atoms with Gasteiger partial charge in [0.15, 0.2) is 0 Å². The van der Waals surface area contributed by atoms with Crippen LogP contribution in [-0.4, -0.2) is 11.2 Å². The van der Waals surface area contributed by atoms with E-state index < -0.39 is 6.10 Å². The summed E-state index contributed by atoms with van der Waals surface area (Å²) in [5.74, 6) is 0.00467. The van der Waals surface area contributed by atoms with Gasteiger partial charge in [-0.3, -0.25) is 0 Å². The molecule has 106 valence electrons. The summed E-state index contributed by atoms with van der Waals surface area (Å²) in [6.07, 6.45) is 0.631. The topological polar surface area (TPSA) is 20.2 Å². The van der Waals surface area contributed by atoms with E-state index in [2.05, 4.69) is 35.0 Å². The van der Waals surface area contributed by atoms with Crippen molar-refractivity contribution < 1.29 is 9.50 Å². The van der Waals surface area contributed by atoms with E-state index in [0.717, 1.165) is 10.0 Å². The van der Waals surface area contributed by atoms with E-state index in [9.17, 15) is 9.50 Å². The van der Waals surface area contributed by atoms with Crippen molar-refractivity contribution >= 4 is 15.9 Å². The zero-order valence-electron chi connectivity index (χ0n) is 11.4. The van der Waals surface area contributed by atoms with Crippen LogP contribution in [0.2, 0.25) is 0 Å². The summed E-state index contributed by atoms with van der Waals surface area (Å²) in [5, 5.41) is 10.2. The van der Waals surface area contributed by atoms with E-state index in [1.165, 1.54) is 17.7 Å². The Morgan fingerprint density at radius 3 is 2.55 bits per heavy atom. The quantitative estimate of drug-likeness (QED) is 0.840. The lowest BCUT2D eigenvalue weighted by Gasteiger charge is -2.17. The maximum atomic E-state index is 13.2. The molecule has 0 aliphatic rings. The van der Waals surface area contributed by atoms with Crippen molar-refractivity contribution in [2.75, 3.05) is 0 Å². The molecule has 0 aromatic heterocycles. The average molecular weight is 337 g/mol. The normalized spacial score (nSPS) is 14.0. The number of rotatable bonds is 5. The van der Waals surface area contributed by atoms with Gasteiger partial charge in [0, 0.05) is 4.47 Å². The van der Waals surface area contributed by atoms with Gasteiger partial charge in [-0.25, -0.2) is 4.39 Å². The molecule has 0 saturated heterocycles. The Kier molecular flexibility index (Phi) is 5.32. The third-order valence-electron chi connectivity index (χ3n) is 3.46. The number of hydrogen-bond donors (Lipinski definition) is 1. The Bertz CT molecular complexity index is 556. The van der Waals surface area contributed by atoms with Crippen LogP contribution in [0.15, 0.2) is 53.0 Å². The van der Waals surface area contributed by atoms with Crippen LogP contribution < -0.4 is 0 Å². The summed E-state index contributed by atoms with van der Waals surface area (Å²) in [7, 11) is 0. The van der Waals surface area contributed by atoms with Gasteiger partial charge in [0.2, 0.25) is 0 Å². The molecular formula is C17H18BrFO. The first-order valence-electron chi connectivity index (χ1n) is 6.73. The van der Waals surface area contributed by atoms with Gasteiger partial charge in [-0.15, -0.1) is 0 Å². The van der Waals surface area contributed by atoms with E-state index >= 15 is 0 Å². The maximum absolute atomic E-state index is 13.2. The van der Waals surface area contributed by atoms with Crippen molar-refractivity contribution in [3.8, 4) is 0 Å². The highest BCUT2D eigenvalue weighted by molar-refractivity contribution is 9.10. The third kappa shape index (κ3) is 4.15. The monoisotopic (exact) mass is 336 g/mol. The Balaban J connectivity index is 1.99. The number of hydrogen-bond acceptors (Lipinski definition) is 1.